The summed E-state index contributed by atoms with van der Waals surface area (Å²) in [5.74, 6) is 0. The van der Waals surface area contributed by atoms with E-state index < -0.39 is 0 Å². The number of likely N-dealkylation sites (N-methyl/N-ethyl adjacent to an activating group) is 1. The lowest BCUT2D eigenvalue weighted by Crippen LogP contribution is -2.33. The number of anilines is 2. The lowest BCUT2D eigenvalue weighted by atomic mass is 10.00. The fourth-order valence-corrected chi connectivity index (χ4v) is 2.85. The molecule has 17 heavy (non-hydrogen) atoms. The molecular formula is C14H20N2O. The summed E-state index contributed by atoms with van der Waals surface area (Å²) in [5, 5.41) is 3.49. The van der Waals surface area contributed by atoms with Crippen LogP contribution in [0.3, 0.4) is 0 Å². The summed E-state index contributed by atoms with van der Waals surface area (Å²) in [7, 11) is 2.20. The Balaban J connectivity index is 1.91. The molecule has 0 bridgehead atoms. The monoisotopic (exact) mass is 232 g/mol. The molecule has 2 aliphatic rings. The van der Waals surface area contributed by atoms with Gasteiger partial charge >= 0.3 is 0 Å². The van der Waals surface area contributed by atoms with E-state index in [1.807, 2.05) is 0 Å². The molecular weight excluding hydrogens is 212 g/mol. The molecule has 3 nitrogen and oxygen atoms in total. The summed E-state index contributed by atoms with van der Waals surface area (Å²) < 4.78 is 5.49. The molecule has 0 radical (unpaired) electrons. The molecule has 0 saturated carbocycles. The fourth-order valence-electron chi connectivity index (χ4n) is 2.85. The number of rotatable bonds is 2. The van der Waals surface area contributed by atoms with Crippen molar-refractivity contribution in [3.63, 3.8) is 0 Å². The highest BCUT2D eigenvalue weighted by molar-refractivity contribution is 5.68. The maximum absolute atomic E-state index is 5.49. The van der Waals surface area contributed by atoms with Gasteiger partial charge in [-0.15, -0.1) is 0 Å². The number of ether oxygens (including phenoxy) is 1. The van der Waals surface area contributed by atoms with Gasteiger partial charge in [0.25, 0.3) is 0 Å². The van der Waals surface area contributed by atoms with Gasteiger partial charge in [0.15, 0.2) is 0 Å². The molecule has 0 amide bonds. The highest BCUT2D eigenvalue weighted by Gasteiger charge is 2.23. The van der Waals surface area contributed by atoms with Gasteiger partial charge in [0, 0.05) is 31.6 Å². The van der Waals surface area contributed by atoms with E-state index in [2.05, 4.69) is 35.5 Å². The summed E-state index contributed by atoms with van der Waals surface area (Å²) in [6, 6.07) is 7.13. The highest BCUT2D eigenvalue weighted by atomic mass is 16.5. The predicted molar refractivity (Wildman–Crippen MR) is 70.9 cm³/mol. The van der Waals surface area contributed by atoms with Gasteiger partial charge in [-0.05, 0) is 37.0 Å². The maximum Gasteiger partial charge on any atom is 0.0670 e. The van der Waals surface area contributed by atoms with Crippen LogP contribution < -0.4 is 10.2 Å². The lowest BCUT2D eigenvalue weighted by molar-refractivity contribution is 0.193. The molecule has 1 saturated heterocycles. The summed E-state index contributed by atoms with van der Waals surface area (Å²) in [6.07, 6.45) is 3.57. The molecule has 2 aliphatic heterocycles. The van der Waals surface area contributed by atoms with Gasteiger partial charge in [0.2, 0.25) is 0 Å². The smallest absolute Gasteiger partial charge is 0.0670 e. The number of hydrogen-bond donors (Lipinski definition) is 1. The van der Waals surface area contributed by atoms with Crippen molar-refractivity contribution >= 4 is 11.4 Å². The van der Waals surface area contributed by atoms with Crippen molar-refractivity contribution in [3.8, 4) is 0 Å². The third kappa shape index (κ3) is 2.00. The van der Waals surface area contributed by atoms with Crippen LogP contribution in [0.5, 0.6) is 0 Å². The van der Waals surface area contributed by atoms with Crippen LogP contribution in [0.15, 0.2) is 18.2 Å². The van der Waals surface area contributed by atoms with E-state index >= 15 is 0 Å². The van der Waals surface area contributed by atoms with Gasteiger partial charge in [0.1, 0.15) is 0 Å². The van der Waals surface area contributed by atoms with Crippen LogP contribution in [0, 0.1) is 0 Å². The number of nitrogens with zero attached hydrogens (tertiary/aromatic N) is 1. The molecule has 1 atom stereocenters. The Hall–Kier alpha value is -1.22. The molecule has 1 aromatic carbocycles. The Bertz CT molecular complexity index is 399. The zero-order valence-electron chi connectivity index (χ0n) is 10.4. The minimum Gasteiger partial charge on any atom is -0.385 e. The second kappa shape index (κ2) is 4.57. The molecule has 1 unspecified atom stereocenters. The first kappa shape index (κ1) is 10.9. The van der Waals surface area contributed by atoms with Gasteiger partial charge < -0.3 is 15.0 Å². The third-order valence-corrected chi connectivity index (χ3v) is 3.90. The third-order valence-electron chi connectivity index (χ3n) is 3.90. The quantitative estimate of drug-likeness (QED) is 0.846. The van der Waals surface area contributed by atoms with E-state index in [0.29, 0.717) is 6.04 Å². The SMILES string of the molecule is CN(c1cccc2c1CCCN2)C1CCOC1. The molecule has 3 heteroatoms. The van der Waals surface area contributed by atoms with E-state index in [4.69, 9.17) is 4.74 Å². The van der Waals surface area contributed by atoms with Crippen LogP contribution >= 0.6 is 0 Å². The summed E-state index contributed by atoms with van der Waals surface area (Å²) in [6.45, 7) is 2.88. The van der Waals surface area contributed by atoms with Crippen molar-refractivity contribution in [3.05, 3.63) is 23.8 Å². The van der Waals surface area contributed by atoms with Crippen molar-refractivity contribution in [1.82, 2.24) is 0 Å². The summed E-state index contributed by atoms with van der Waals surface area (Å²) in [5.41, 5.74) is 4.18. The second-order valence-corrected chi connectivity index (χ2v) is 4.96. The standard InChI is InChI=1S/C14H20N2O/c1-16(11-7-9-17-10-11)14-6-2-5-13-12(14)4-3-8-15-13/h2,5-6,11,15H,3-4,7-10H2,1H3. The molecule has 1 aromatic rings. The van der Waals surface area contributed by atoms with E-state index in [9.17, 15) is 0 Å². The van der Waals surface area contributed by atoms with Gasteiger partial charge in [-0.3, -0.25) is 0 Å². The van der Waals surface area contributed by atoms with Crippen LogP contribution in [0.1, 0.15) is 18.4 Å². The lowest BCUT2D eigenvalue weighted by Gasteiger charge is -2.30. The van der Waals surface area contributed by atoms with Crippen LogP contribution in [0.4, 0.5) is 11.4 Å². The van der Waals surface area contributed by atoms with Crippen molar-refractivity contribution in [2.45, 2.75) is 25.3 Å². The van der Waals surface area contributed by atoms with Crippen molar-refractivity contribution in [2.24, 2.45) is 0 Å². The number of benzene rings is 1. The number of hydrogen-bond acceptors (Lipinski definition) is 3. The van der Waals surface area contributed by atoms with Crippen molar-refractivity contribution < 1.29 is 4.74 Å². The average molecular weight is 232 g/mol. The first-order valence-corrected chi connectivity index (χ1v) is 6.52. The van der Waals surface area contributed by atoms with Crippen LogP contribution in [0.25, 0.3) is 0 Å². The maximum atomic E-state index is 5.49. The second-order valence-electron chi connectivity index (χ2n) is 4.96. The summed E-state index contributed by atoms with van der Waals surface area (Å²) in [4.78, 5) is 2.40. The van der Waals surface area contributed by atoms with Crippen LogP contribution in [-0.4, -0.2) is 32.8 Å². The fraction of sp³-hybridized carbons (Fsp3) is 0.571. The van der Waals surface area contributed by atoms with E-state index in [1.54, 1.807) is 0 Å². The van der Waals surface area contributed by atoms with Crippen LogP contribution in [0.2, 0.25) is 0 Å². The Kier molecular flexibility index (Phi) is 2.93. The predicted octanol–water partition coefficient (Wildman–Crippen LogP) is 2.27. The summed E-state index contributed by atoms with van der Waals surface area (Å²) >= 11 is 0. The van der Waals surface area contributed by atoms with Gasteiger partial charge in [-0.25, -0.2) is 0 Å². The molecule has 3 rings (SSSR count). The van der Waals surface area contributed by atoms with E-state index in [-0.39, 0.29) is 0 Å². The topological polar surface area (TPSA) is 24.5 Å². The zero-order valence-corrected chi connectivity index (χ0v) is 10.4. The largest absolute Gasteiger partial charge is 0.385 e. The first-order chi connectivity index (χ1) is 8.36. The first-order valence-electron chi connectivity index (χ1n) is 6.52. The molecule has 1 fully saturated rings. The Morgan fingerprint density at radius 1 is 1.41 bits per heavy atom. The van der Waals surface area contributed by atoms with Crippen molar-refractivity contribution in [2.75, 3.05) is 37.0 Å². The van der Waals surface area contributed by atoms with E-state index in [0.717, 1.165) is 26.2 Å². The Morgan fingerprint density at radius 2 is 2.35 bits per heavy atom. The minimum atomic E-state index is 0.545. The normalized spacial score (nSPS) is 23.0. The molecule has 0 aromatic heterocycles. The highest BCUT2D eigenvalue weighted by Crippen LogP contribution is 2.32. The van der Waals surface area contributed by atoms with Crippen LogP contribution in [-0.2, 0) is 11.2 Å². The number of nitrogens with one attached hydrogen (secondary N) is 1. The molecule has 1 N–H and O–H groups in total. The number of fused-ring (bicyclic) bond motifs is 1. The van der Waals surface area contributed by atoms with Gasteiger partial charge in [0.05, 0.1) is 12.6 Å². The molecule has 0 aliphatic carbocycles. The molecule has 92 valence electrons. The molecule has 0 spiro atoms. The average Bonchev–Trinajstić information content (AvgIpc) is 2.91. The molecule has 2 heterocycles. The Morgan fingerprint density at radius 3 is 3.18 bits per heavy atom. The van der Waals surface area contributed by atoms with E-state index in [1.165, 1.54) is 29.8 Å². The minimum absolute atomic E-state index is 0.545. The Labute approximate surface area is 103 Å². The van der Waals surface area contributed by atoms with Gasteiger partial charge in [-0.1, -0.05) is 6.07 Å². The zero-order chi connectivity index (χ0) is 11.7. The van der Waals surface area contributed by atoms with Gasteiger partial charge in [-0.2, -0.15) is 0 Å². The van der Waals surface area contributed by atoms with Crippen molar-refractivity contribution in [1.29, 1.82) is 0 Å².